The Bertz CT molecular complexity index is 655. The Morgan fingerprint density at radius 3 is 2.72 bits per heavy atom. The van der Waals surface area contributed by atoms with Gasteiger partial charge >= 0.3 is 0 Å². The summed E-state index contributed by atoms with van der Waals surface area (Å²) in [6.07, 6.45) is 3.01. The fraction of sp³-hybridized carbons (Fsp3) is 0.579. The smallest absolute Gasteiger partial charge is 0.251 e. The van der Waals surface area contributed by atoms with Crippen LogP contribution in [0.3, 0.4) is 0 Å². The minimum absolute atomic E-state index is 0.0132. The Labute approximate surface area is 149 Å². The second kappa shape index (κ2) is 7.14. The van der Waals surface area contributed by atoms with Crippen LogP contribution in [0.1, 0.15) is 43.5 Å². The van der Waals surface area contributed by atoms with Gasteiger partial charge in [-0.1, -0.05) is 19.9 Å². The summed E-state index contributed by atoms with van der Waals surface area (Å²) >= 11 is 0. The van der Waals surface area contributed by atoms with Crippen LogP contribution in [0.15, 0.2) is 24.3 Å². The number of nitrogens with zero attached hydrogens (tertiary/aromatic N) is 1. The third-order valence-corrected chi connectivity index (χ3v) is 5.08. The first kappa shape index (κ1) is 17.9. The molecule has 136 valence electrons. The van der Waals surface area contributed by atoms with Crippen molar-refractivity contribution in [2.45, 2.75) is 45.2 Å². The van der Waals surface area contributed by atoms with Crippen molar-refractivity contribution in [1.29, 1.82) is 0 Å². The number of hydrogen-bond donors (Lipinski definition) is 3. The Kier molecular flexibility index (Phi) is 5.11. The molecule has 2 amide bonds. The maximum Gasteiger partial charge on any atom is 0.251 e. The van der Waals surface area contributed by atoms with E-state index in [0.29, 0.717) is 23.8 Å². The lowest BCUT2D eigenvalue weighted by molar-refractivity contribution is -0.118. The van der Waals surface area contributed by atoms with Crippen molar-refractivity contribution in [3.63, 3.8) is 0 Å². The zero-order valence-corrected chi connectivity index (χ0v) is 15.0. The Morgan fingerprint density at radius 1 is 1.28 bits per heavy atom. The van der Waals surface area contributed by atoms with E-state index in [2.05, 4.69) is 29.4 Å². The van der Waals surface area contributed by atoms with Gasteiger partial charge in [0.05, 0.1) is 6.54 Å². The van der Waals surface area contributed by atoms with Gasteiger partial charge in [-0.25, -0.2) is 0 Å². The molecule has 1 atom stereocenters. The molecule has 4 N–H and O–H groups in total. The topological polar surface area (TPSA) is 87.5 Å². The molecule has 1 aromatic carbocycles. The summed E-state index contributed by atoms with van der Waals surface area (Å²) in [5.74, 6) is -0.142. The van der Waals surface area contributed by atoms with Gasteiger partial charge < -0.3 is 16.4 Å². The summed E-state index contributed by atoms with van der Waals surface area (Å²) in [7, 11) is 0. The van der Waals surface area contributed by atoms with Crippen LogP contribution in [-0.2, 0) is 4.79 Å². The van der Waals surface area contributed by atoms with E-state index in [1.54, 1.807) is 18.2 Å². The van der Waals surface area contributed by atoms with Gasteiger partial charge in [0.25, 0.3) is 5.91 Å². The number of carbonyl (C=O) groups excluding carboxylic acids is 2. The SMILES string of the molecule is CC1(C)CN(CC(=O)Nc2cccc(C(=O)NC3CC3)c2)CCC1N. The van der Waals surface area contributed by atoms with Crippen molar-refractivity contribution in [2.75, 3.05) is 25.0 Å². The van der Waals surface area contributed by atoms with Crippen molar-refractivity contribution < 1.29 is 9.59 Å². The highest BCUT2D eigenvalue weighted by atomic mass is 16.2. The average Bonchev–Trinajstić information content (AvgIpc) is 3.35. The standard InChI is InChI=1S/C19H28N4O2/c1-19(2)12-23(9-8-16(19)20)11-17(24)21-15-5-3-4-13(10-15)18(25)22-14-6-7-14/h3-5,10,14,16H,6-9,11-12,20H2,1-2H3,(H,21,24)(H,22,25). The molecule has 2 fully saturated rings. The summed E-state index contributed by atoms with van der Waals surface area (Å²) in [5, 5.41) is 5.86. The molecule has 1 aliphatic heterocycles. The molecular formula is C19H28N4O2. The summed E-state index contributed by atoms with van der Waals surface area (Å²) in [5.41, 5.74) is 7.39. The van der Waals surface area contributed by atoms with Crippen LogP contribution in [-0.4, -0.2) is 48.4 Å². The fourth-order valence-corrected chi connectivity index (χ4v) is 3.26. The van der Waals surface area contributed by atoms with Gasteiger partial charge in [0.1, 0.15) is 0 Å². The van der Waals surface area contributed by atoms with E-state index in [9.17, 15) is 9.59 Å². The highest BCUT2D eigenvalue weighted by Gasteiger charge is 2.33. The maximum atomic E-state index is 12.4. The predicted molar refractivity (Wildman–Crippen MR) is 98.4 cm³/mol. The maximum absolute atomic E-state index is 12.4. The number of carbonyl (C=O) groups is 2. The Balaban J connectivity index is 1.55. The van der Waals surface area contributed by atoms with Gasteiger partial charge in [-0.2, -0.15) is 0 Å². The van der Waals surface area contributed by atoms with Gasteiger partial charge in [-0.05, 0) is 42.9 Å². The summed E-state index contributed by atoms with van der Waals surface area (Å²) in [4.78, 5) is 26.6. The molecule has 1 saturated carbocycles. The molecule has 1 heterocycles. The number of nitrogens with two attached hydrogens (primary N) is 1. The molecule has 1 aliphatic carbocycles. The largest absolute Gasteiger partial charge is 0.349 e. The molecule has 3 rings (SSSR count). The second-order valence-corrected chi connectivity index (χ2v) is 7.97. The van der Waals surface area contributed by atoms with Gasteiger partial charge in [0, 0.05) is 36.4 Å². The summed E-state index contributed by atoms with van der Waals surface area (Å²) in [6, 6.07) is 7.59. The van der Waals surface area contributed by atoms with Crippen LogP contribution in [0.4, 0.5) is 5.69 Å². The van der Waals surface area contributed by atoms with Crippen LogP contribution in [0.5, 0.6) is 0 Å². The molecule has 0 spiro atoms. The first-order valence-corrected chi connectivity index (χ1v) is 9.02. The average molecular weight is 344 g/mol. The van der Waals surface area contributed by atoms with Crippen LogP contribution >= 0.6 is 0 Å². The predicted octanol–water partition coefficient (Wildman–Crippen LogP) is 1.58. The number of hydrogen-bond acceptors (Lipinski definition) is 4. The van der Waals surface area contributed by atoms with E-state index in [1.807, 2.05) is 6.07 Å². The third-order valence-electron chi connectivity index (χ3n) is 5.08. The third kappa shape index (κ3) is 4.80. The molecule has 6 nitrogen and oxygen atoms in total. The normalized spacial score (nSPS) is 23.1. The fourth-order valence-electron chi connectivity index (χ4n) is 3.26. The number of nitrogens with one attached hydrogen (secondary N) is 2. The lowest BCUT2D eigenvalue weighted by atomic mass is 9.80. The summed E-state index contributed by atoms with van der Waals surface area (Å²) < 4.78 is 0. The van der Waals surface area contributed by atoms with Crippen molar-refractivity contribution >= 4 is 17.5 Å². The number of amides is 2. The molecule has 0 bridgehead atoms. The van der Waals surface area contributed by atoms with E-state index in [4.69, 9.17) is 5.73 Å². The first-order chi connectivity index (χ1) is 11.8. The van der Waals surface area contributed by atoms with Crippen LogP contribution in [0.2, 0.25) is 0 Å². The van der Waals surface area contributed by atoms with Crippen molar-refractivity contribution in [2.24, 2.45) is 11.1 Å². The van der Waals surface area contributed by atoms with Gasteiger partial charge in [0.2, 0.25) is 5.91 Å². The zero-order valence-electron chi connectivity index (χ0n) is 15.0. The lowest BCUT2D eigenvalue weighted by Crippen LogP contribution is -2.53. The van der Waals surface area contributed by atoms with Crippen LogP contribution in [0.25, 0.3) is 0 Å². The Morgan fingerprint density at radius 2 is 2.04 bits per heavy atom. The van der Waals surface area contributed by atoms with E-state index >= 15 is 0 Å². The van der Waals surface area contributed by atoms with E-state index < -0.39 is 0 Å². The van der Waals surface area contributed by atoms with Crippen molar-refractivity contribution in [3.8, 4) is 0 Å². The molecule has 0 radical (unpaired) electrons. The number of rotatable bonds is 5. The first-order valence-electron chi connectivity index (χ1n) is 9.02. The minimum atomic E-state index is -0.0784. The molecular weight excluding hydrogens is 316 g/mol. The van der Waals surface area contributed by atoms with Gasteiger partial charge in [-0.3, -0.25) is 14.5 Å². The number of anilines is 1. The number of piperidine rings is 1. The quantitative estimate of drug-likeness (QED) is 0.757. The molecule has 25 heavy (non-hydrogen) atoms. The van der Waals surface area contributed by atoms with E-state index in [-0.39, 0.29) is 23.3 Å². The van der Waals surface area contributed by atoms with Crippen molar-refractivity contribution in [3.05, 3.63) is 29.8 Å². The van der Waals surface area contributed by atoms with Gasteiger partial charge in [0.15, 0.2) is 0 Å². The zero-order chi connectivity index (χ0) is 18.0. The molecule has 1 aromatic rings. The lowest BCUT2D eigenvalue weighted by Gasteiger charge is -2.42. The summed E-state index contributed by atoms with van der Waals surface area (Å²) in [6.45, 7) is 6.27. The molecule has 0 aromatic heterocycles. The van der Waals surface area contributed by atoms with Crippen LogP contribution in [0, 0.1) is 5.41 Å². The van der Waals surface area contributed by atoms with E-state index in [0.717, 1.165) is 32.4 Å². The molecule has 1 unspecified atom stereocenters. The monoisotopic (exact) mass is 344 g/mol. The second-order valence-electron chi connectivity index (χ2n) is 7.97. The van der Waals surface area contributed by atoms with Crippen molar-refractivity contribution in [1.82, 2.24) is 10.2 Å². The van der Waals surface area contributed by atoms with Gasteiger partial charge in [-0.15, -0.1) is 0 Å². The molecule has 2 aliphatic rings. The Hall–Kier alpha value is -1.92. The highest BCUT2D eigenvalue weighted by molar-refractivity contribution is 5.97. The molecule has 1 saturated heterocycles. The van der Waals surface area contributed by atoms with Crippen LogP contribution < -0.4 is 16.4 Å². The molecule has 6 heteroatoms. The number of likely N-dealkylation sites (tertiary alicyclic amines) is 1. The highest BCUT2D eigenvalue weighted by Crippen LogP contribution is 2.27. The number of benzene rings is 1. The van der Waals surface area contributed by atoms with E-state index in [1.165, 1.54) is 0 Å². The minimum Gasteiger partial charge on any atom is -0.349 e.